The van der Waals surface area contributed by atoms with Crippen molar-refractivity contribution >= 4 is 23.5 Å². The second kappa shape index (κ2) is 12.5. The predicted molar refractivity (Wildman–Crippen MR) is 127 cm³/mol. The Labute approximate surface area is 193 Å². The van der Waals surface area contributed by atoms with Crippen molar-refractivity contribution in [3.63, 3.8) is 0 Å². The molecule has 2 aromatic rings. The third kappa shape index (κ3) is 8.17. The number of carbonyl (C=O) groups excluding carboxylic acids is 1. The van der Waals surface area contributed by atoms with E-state index in [0.29, 0.717) is 24.6 Å². The number of rotatable bonds is 7. The molecule has 0 aliphatic carbocycles. The van der Waals surface area contributed by atoms with Crippen molar-refractivity contribution in [1.82, 2.24) is 10.2 Å². The normalized spacial score (nSPS) is 15.3. The molecular formula is C25H31N3O5. The van der Waals surface area contributed by atoms with E-state index in [2.05, 4.69) is 59.8 Å². The van der Waals surface area contributed by atoms with Crippen molar-refractivity contribution in [3.05, 3.63) is 76.9 Å². The summed E-state index contributed by atoms with van der Waals surface area (Å²) in [7, 11) is 2.14. The van der Waals surface area contributed by atoms with Crippen LogP contribution in [-0.2, 0) is 20.9 Å². The number of amides is 1. The number of nitrogens with zero attached hydrogens (tertiary/aromatic N) is 1. The van der Waals surface area contributed by atoms with Gasteiger partial charge in [0.25, 0.3) is 0 Å². The lowest BCUT2D eigenvalue weighted by molar-refractivity contribution is -0.134. The topological polar surface area (TPSA) is 119 Å². The number of carboxylic acids is 2. The zero-order chi connectivity index (χ0) is 24.4. The number of carbonyl (C=O) groups is 3. The summed E-state index contributed by atoms with van der Waals surface area (Å²) in [5, 5.41) is 21.8. The molecule has 1 aliphatic rings. The van der Waals surface area contributed by atoms with Gasteiger partial charge < -0.3 is 25.7 Å². The zero-order valence-corrected chi connectivity index (χ0v) is 19.2. The molecule has 1 amide bonds. The lowest BCUT2D eigenvalue weighted by Gasteiger charge is -2.34. The Hall–Kier alpha value is -3.49. The highest BCUT2D eigenvalue weighted by atomic mass is 16.4. The molecule has 0 saturated carbocycles. The van der Waals surface area contributed by atoms with E-state index in [1.807, 2.05) is 19.1 Å². The molecule has 0 radical (unpaired) electrons. The molecule has 0 fully saturated rings. The minimum absolute atomic E-state index is 0.00959. The largest absolute Gasteiger partial charge is 0.478 e. The third-order valence-corrected chi connectivity index (χ3v) is 5.17. The highest BCUT2D eigenvalue weighted by molar-refractivity contribution is 5.93. The molecule has 0 bridgehead atoms. The lowest BCUT2D eigenvalue weighted by Crippen LogP contribution is -2.33. The van der Waals surface area contributed by atoms with Crippen LogP contribution in [0.15, 0.2) is 54.6 Å². The first kappa shape index (κ1) is 25.8. The van der Waals surface area contributed by atoms with Gasteiger partial charge in [-0.25, -0.2) is 9.59 Å². The molecule has 176 valence electrons. The first-order valence-corrected chi connectivity index (χ1v) is 10.7. The van der Waals surface area contributed by atoms with Gasteiger partial charge in [0.05, 0.1) is 6.54 Å². The number of hydrogen-bond donors (Lipinski definition) is 4. The van der Waals surface area contributed by atoms with E-state index in [1.54, 1.807) is 0 Å². The number of nitrogens with one attached hydrogen (secondary N) is 2. The van der Waals surface area contributed by atoms with Crippen molar-refractivity contribution in [2.45, 2.75) is 26.3 Å². The quantitative estimate of drug-likeness (QED) is 0.476. The van der Waals surface area contributed by atoms with E-state index in [9.17, 15) is 14.4 Å². The SMILES string of the molecule is CCNCC(=O)Nc1cccc2c1CN(C)CC2c1ccc(C)cc1.O=C(O)/C=C\C(=O)O. The van der Waals surface area contributed by atoms with Gasteiger partial charge in [-0.1, -0.05) is 48.9 Å². The summed E-state index contributed by atoms with van der Waals surface area (Å²) in [5.74, 6) is -2.17. The molecule has 1 heterocycles. The molecule has 4 N–H and O–H groups in total. The van der Waals surface area contributed by atoms with Crippen LogP contribution in [0.1, 0.15) is 35.1 Å². The Morgan fingerprint density at radius 3 is 2.27 bits per heavy atom. The fourth-order valence-corrected chi connectivity index (χ4v) is 3.63. The van der Waals surface area contributed by atoms with Crippen LogP contribution in [0.3, 0.4) is 0 Å². The van der Waals surface area contributed by atoms with Gasteiger partial charge in [0.15, 0.2) is 0 Å². The minimum Gasteiger partial charge on any atom is -0.478 e. The maximum atomic E-state index is 12.1. The number of aliphatic carboxylic acids is 2. The molecule has 1 atom stereocenters. The van der Waals surface area contributed by atoms with Crippen molar-refractivity contribution in [3.8, 4) is 0 Å². The Bertz CT molecular complexity index is 986. The molecule has 1 unspecified atom stereocenters. The molecule has 1 aliphatic heterocycles. The number of carboxylic acid groups (broad SMARTS) is 2. The lowest BCUT2D eigenvalue weighted by atomic mass is 9.84. The Morgan fingerprint density at radius 2 is 1.70 bits per heavy atom. The monoisotopic (exact) mass is 453 g/mol. The standard InChI is InChI=1S/C21H27N3O.C4H4O4/c1-4-22-12-21(25)23-20-7-5-6-17-18(13-24(3)14-19(17)20)16-10-8-15(2)9-11-16;5-3(6)1-2-4(7)8/h5-11,18,22H,4,12-14H2,1-3H3,(H,23,25);1-2H,(H,5,6)(H,7,8)/b;2-1-. The summed E-state index contributed by atoms with van der Waals surface area (Å²) < 4.78 is 0. The van der Waals surface area contributed by atoms with Crippen LogP contribution in [-0.4, -0.2) is 59.6 Å². The Kier molecular flexibility index (Phi) is 9.78. The van der Waals surface area contributed by atoms with E-state index in [4.69, 9.17) is 10.2 Å². The van der Waals surface area contributed by atoms with Crippen LogP contribution in [0.4, 0.5) is 5.69 Å². The number of hydrogen-bond acceptors (Lipinski definition) is 5. The maximum absolute atomic E-state index is 12.1. The average Bonchev–Trinajstić information content (AvgIpc) is 2.77. The summed E-state index contributed by atoms with van der Waals surface area (Å²) in [4.78, 5) is 33.6. The summed E-state index contributed by atoms with van der Waals surface area (Å²) in [6, 6.07) is 15.0. The summed E-state index contributed by atoms with van der Waals surface area (Å²) in [5.41, 5.74) is 6.09. The van der Waals surface area contributed by atoms with E-state index < -0.39 is 11.9 Å². The number of benzene rings is 2. The van der Waals surface area contributed by atoms with Gasteiger partial charge in [0.2, 0.25) is 5.91 Å². The van der Waals surface area contributed by atoms with Crippen LogP contribution in [0, 0.1) is 6.92 Å². The molecule has 0 saturated heterocycles. The fraction of sp³-hybridized carbons (Fsp3) is 0.320. The Morgan fingerprint density at radius 1 is 1.06 bits per heavy atom. The van der Waals surface area contributed by atoms with Gasteiger partial charge >= 0.3 is 11.9 Å². The molecule has 3 rings (SSSR count). The second-order valence-corrected chi connectivity index (χ2v) is 7.87. The zero-order valence-electron chi connectivity index (χ0n) is 19.2. The molecule has 2 aromatic carbocycles. The van der Waals surface area contributed by atoms with E-state index in [0.717, 1.165) is 25.3 Å². The minimum atomic E-state index is -1.26. The summed E-state index contributed by atoms with van der Waals surface area (Å²) in [6.07, 6.45) is 1.12. The molecular weight excluding hydrogens is 422 g/mol. The van der Waals surface area contributed by atoms with Crippen LogP contribution in [0.5, 0.6) is 0 Å². The number of fused-ring (bicyclic) bond motifs is 1. The first-order chi connectivity index (χ1) is 15.7. The van der Waals surface area contributed by atoms with Crippen LogP contribution in [0.2, 0.25) is 0 Å². The second-order valence-electron chi connectivity index (χ2n) is 7.87. The number of aryl methyl sites for hydroxylation is 1. The van der Waals surface area contributed by atoms with Crippen LogP contribution in [0.25, 0.3) is 0 Å². The van der Waals surface area contributed by atoms with E-state index >= 15 is 0 Å². The van der Waals surface area contributed by atoms with Crippen LogP contribution < -0.4 is 10.6 Å². The number of likely N-dealkylation sites (N-methyl/N-ethyl adjacent to an activating group) is 2. The van der Waals surface area contributed by atoms with E-state index in [-0.39, 0.29) is 5.91 Å². The summed E-state index contributed by atoms with van der Waals surface area (Å²) in [6.45, 7) is 7.09. The average molecular weight is 454 g/mol. The smallest absolute Gasteiger partial charge is 0.328 e. The molecule has 33 heavy (non-hydrogen) atoms. The highest BCUT2D eigenvalue weighted by Gasteiger charge is 2.26. The van der Waals surface area contributed by atoms with Crippen molar-refractivity contribution < 1.29 is 24.6 Å². The Balaban J connectivity index is 0.000000414. The highest BCUT2D eigenvalue weighted by Crippen LogP contribution is 2.36. The van der Waals surface area contributed by atoms with Crippen molar-refractivity contribution in [2.75, 3.05) is 32.0 Å². The fourth-order valence-electron chi connectivity index (χ4n) is 3.63. The number of anilines is 1. The summed E-state index contributed by atoms with van der Waals surface area (Å²) >= 11 is 0. The maximum Gasteiger partial charge on any atom is 0.328 e. The van der Waals surface area contributed by atoms with Gasteiger partial charge in [-0.15, -0.1) is 0 Å². The van der Waals surface area contributed by atoms with Crippen molar-refractivity contribution in [2.24, 2.45) is 0 Å². The van der Waals surface area contributed by atoms with Gasteiger partial charge in [0.1, 0.15) is 0 Å². The molecule has 0 spiro atoms. The van der Waals surface area contributed by atoms with Crippen molar-refractivity contribution in [1.29, 1.82) is 0 Å². The van der Waals surface area contributed by atoms with Crippen LogP contribution >= 0.6 is 0 Å². The molecule has 0 aromatic heterocycles. The van der Waals surface area contributed by atoms with E-state index in [1.165, 1.54) is 22.3 Å². The van der Waals surface area contributed by atoms with Gasteiger partial charge in [-0.05, 0) is 43.3 Å². The predicted octanol–water partition coefficient (Wildman–Crippen LogP) is 2.83. The molecule has 8 nitrogen and oxygen atoms in total. The van der Waals surface area contributed by atoms with Gasteiger partial charge in [-0.3, -0.25) is 4.79 Å². The first-order valence-electron chi connectivity index (χ1n) is 10.7. The van der Waals surface area contributed by atoms with Gasteiger partial charge in [-0.2, -0.15) is 0 Å². The third-order valence-electron chi connectivity index (χ3n) is 5.17. The van der Waals surface area contributed by atoms with Gasteiger partial charge in [0, 0.05) is 36.8 Å². The molecule has 8 heteroatoms.